The Bertz CT molecular complexity index is 1360. The van der Waals surface area contributed by atoms with Crippen molar-refractivity contribution in [3.05, 3.63) is 65.5 Å². The Hall–Kier alpha value is -4.18. The molecule has 0 saturated carbocycles. The smallest absolute Gasteiger partial charge is 0.277 e. The summed E-state index contributed by atoms with van der Waals surface area (Å²) >= 11 is 0. The average molecular weight is 531 g/mol. The number of hydrogen-bond donors (Lipinski definition) is 1. The summed E-state index contributed by atoms with van der Waals surface area (Å²) in [5.41, 5.74) is 3.52. The first-order valence-corrected chi connectivity index (χ1v) is 13.3. The highest BCUT2D eigenvalue weighted by molar-refractivity contribution is 6.09. The van der Waals surface area contributed by atoms with Gasteiger partial charge in [-0.25, -0.2) is 4.68 Å². The number of nitrogens with zero attached hydrogens (tertiary/aromatic N) is 5. The van der Waals surface area contributed by atoms with E-state index < -0.39 is 0 Å². The van der Waals surface area contributed by atoms with Crippen LogP contribution in [0, 0.1) is 0 Å². The highest BCUT2D eigenvalue weighted by atomic mass is 16.5. The number of amides is 3. The summed E-state index contributed by atoms with van der Waals surface area (Å²) < 4.78 is 6.84. The molecule has 0 bridgehead atoms. The van der Waals surface area contributed by atoms with Gasteiger partial charge >= 0.3 is 0 Å². The minimum Gasteiger partial charge on any atom is -0.497 e. The Balaban J connectivity index is 1.47. The van der Waals surface area contributed by atoms with Gasteiger partial charge in [-0.1, -0.05) is 0 Å². The molecule has 10 nitrogen and oxygen atoms in total. The summed E-state index contributed by atoms with van der Waals surface area (Å²) in [7, 11) is 5.47. The van der Waals surface area contributed by atoms with Crippen LogP contribution in [0.15, 0.2) is 48.5 Å². The molecule has 0 aliphatic carbocycles. The largest absolute Gasteiger partial charge is 0.497 e. The van der Waals surface area contributed by atoms with Crippen molar-refractivity contribution in [2.24, 2.45) is 0 Å². The van der Waals surface area contributed by atoms with Crippen LogP contribution in [0.5, 0.6) is 5.75 Å². The molecule has 2 aliphatic rings. The number of aromatic nitrogens is 2. The number of rotatable bonds is 8. The number of nitrogens with one attached hydrogen (secondary N) is 1. The molecule has 5 rings (SSSR count). The fourth-order valence-electron chi connectivity index (χ4n) is 5.07. The van der Waals surface area contributed by atoms with Crippen molar-refractivity contribution in [1.29, 1.82) is 0 Å². The van der Waals surface area contributed by atoms with E-state index in [1.807, 2.05) is 60.3 Å². The maximum absolute atomic E-state index is 13.9. The Labute approximate surface area is 228 Å². The maximum atomic E-state index is 13.9. The fourth-order valence-corrected chi connectivity index (χ4v) is 5.07. The van der Waals surface area contributed by atoms with Crippen LogP contribution in [-0.4, -0.2) is 79.8 Å². The van der Waals surface area contributed by atoms with Crippen LogP contribution in [0.1, 0.15) is 45.8 Å². The zero-order valence-corrected chi connectivity index (χ0v) is 22.6. The number of piperidine rings is 1. The van der Waals surface area contributed by atoms with Gasteiger partial charge in [-0.15, -0.1) is 0 Å². The third-order valence-corrected chi connectivity index (χ3v) is 7.19. The number of carbonyl (C=O) groups is 3. The van der Waals surface area contributed by atoms with E-state index in [1.54, 1.807) is 28.8 Å². The number of carbonyl (C=O) groups excluding carboxylic acids is 3. The van der Waals surface area contributed by atoms with Crippen LogP contribution in [0.2, 0.25) is 0 Å². The van der Waals surface area contributed by atoms with Crippen molar-refractivity contribution in [2.45, 2.75) is 25.7 Å². The van der Waals surface area contributed by atoms with Gasteiger partial charge in [-0.3, -0.25) is 14.4 Å². The molecule has 2 aliphatic heterocycles. The first kappa shape index (κ1) is 26.4. The van der Waals surface area contributed by atoms with E-state index in [2.05, 4.69) is 10.4 Å². The van der Waals surface area contributed by atoms with Crippen LogP contribution in [0.25, 0.3) is 5.69 Å². The Kier molecular flexibility index (Phi) is 7.65. The molecule has 1 N–H and O–H groups in total. The van der Waals surface area contributed by atoms with E-state index in [-0.39, 0.29) is 23.4 Å². The lowest BCUT2D eigenvalue weighted by atomic mass is 10.0. The molecule has 3 aromatic rings. The van der Waals surface area contributed by atoms with E-state index in [4.69, 9.17) is 4.74 Å². The molecule has 3 amide bonds. The van der Waals surface area contributed by atoms with E-state index >= 15 is 0 Å². The molecule has 1 fully saturated rings. The van der Waals surface area contributed by atoms with Gasteiger partial charge in [0, 0.05) is 49.5 Å². The Morgan fingerprint density at radius 1 is 0.923 bits per heavy atom. The zero-order chi connectivity index (χ0) is 27.5. The molecule has 1 aromatic heterocycles. The number of ether oxygens (including phenoxy) is 1. The van der Waals surface area contributed by atoms with Gasteiger partial charge in [0.1, 0.15) is 11.4 Å². The Morgan fingerprint density at radius 3 is 2.23 bits per heavy atom. The standard InChI is InChI=1S/C29H34N6O4/c1-32(2)19-16-30-28(37)26-24-15-18-34(21-9-7-20(8-10-21)33-17-5-4-6-25(33)36)29(38)27(24)35(31-26)22-11-13-23(39-3)14-12-22/h7-14H,4-6,15-19H2,1-3H3,(H,30,37). The molecule has 204 valence electrons. The molecule has 0 atom stereocenters. The Morgan fingerprint density at radius 2 is 1.59 bits per heavy atom. The van der Waals surface area contributed by atoms with Gasteiger partial charge in [0.25, 0.3) is 11.8 Å². The third-order valence-electron chi connectivity index (χ3n) is 7.19. The first-order valence-electron chi connectivity index (χ1n) is 13.3. The predicted octanol–water partition coefficient (Wildman–Crippen LogP) is 2.89. The molecular weight excluding hydrogens is 496 g/mol. The predicted molar refractivity (Wildman–Crippen MR) is 149 cm³/mol. The first-order chi connectivity index (χ1) is 18.9. The highest BCUT2D eigenvalue weighted by Gasteiger charge is 2.35. The second kappa shape index (κ2) is 11.3. The van der Waals surface area contributed by atoms with E-state index in [0.717, 1.165) is 24.2 Å². The number of hydrogen-bond acceptors (Lipinski definition) is 6. The summed E-state index contributed by atoms with van der Waals surface area (Å²) in [6, 6.07) is 14.8. The fraction of sp³-hybridized carbons (Fsp3) is 0.379. The SMILES string of the molecule is COc1ccc(-n2nc(C(=O)NCCN(C)C)c3c2C(=O)N(c2ccc(N4CCCCC4=O)cc2)CC3)cc1. The monoisotopic (exact) mass is 530 g/mol. The summed E-state index contributed by atoms with van der Waals surface area (Å²) in [5.74, 6) is 0.292. The van der Waals surface area contributed by atoms with Crippen molar-refractivity contribution in [1.82, 2.24) is 20.0 Å². The second-order valence-electron chi connectivity index (χ2n) is 10.1. The summed E-state index contributed by atoms with van der Waals surface area (Å²) in [5, 5.41) is 7.56. The minimum absolute atomic E-state index is 0.132. The lowest BCUT2D eigenvalue weighted by molar-refractivity contribution is -0.119. The van der Waals surface area contributed by atoms with Crippen molar-refractivity contribution in [3.63, 3.8) is 0 Å². The molecule has 2 aromatic carbocycles. The summed E-state index contributed by atoms with van der Waals surface area (Å²) in [6.07, 6.45) is 2.96. The normalized spacial score (nSPS) is 15.5. The van der Waals surface area contributed by atoms with Crippen molar-refractivity contribution in [2.75, 3.05) is 57.2 Å². The number of methoxy groups -OCH3 is 1. The lowest BCUT2D eigenvalue weighted by Gasteiger charge is -2.29. The number of benzene rings is 2. The highest BCUT2D eigenvalue weighted by Crippen LogP contribution is 2.31. The number of anilines is 2. The van der Waals surface area contributed by atoms with Gasteiger partial charge in [-0.05, 0) is 81.9 Å². The van der Waals surface area contributed by atoms with Crippen LogP contribution >= 0.6 is 0 Å². The van der Waals surface area contributed by atoms with Crippen molar-refractivity contribution in [3.8, 4) is 11.4 Å². The summed E-state index contributed by atoms with van der Waals surface area (Å²) in [6.45, 7) is 2.30. The van der Waals surface area contributed by atoms with Gasteiger partial charge in [0.2, 0.25) is 5.91 Å². The molecule has 3 heterocycles. The van der Waals surface area contributed by atoms with Gasteiger partial charge < -0.3 is 24.8 Å². The van der Waals surface area contributed by atoms with Crippen LogP contribution in [-0.2, 0) is 11.2 Å². The number of likely N-dealkylation sites (N-methyl/N-ethyl adjacent to an activating group) is 1. The third kappa shape index (κ3) is 5.37. The molecule has 0 spiro atoms. The van der Waals surface area contributed by atoms with Crippen molar-refractivity contribution < 1.29 is 19.1 Å². The molecular formula is C29H34N6O4. The molecule has 39 heavy (non-hydrogen) atoms. The minimum atomic E-state index is -0.294. The van der Waals surface area contributed by atoms with E-state index in [9.17, 15) is 14.4 Å². The van der Waals surface area contributed by atoms with Crippen molar-refractivity contribution >= 4 is 29.1 Å². The molecule has 0 unspecified atom stereocenters. The number of fused-ring (bicyclic) bond motifs is 1. The average Bonchev–Trinajstić information content (AvgIpc) is 3.34. The van der Waals surface area contributed by atoms with Crippen LogP contribution in [0.4, 0.5) is 11.4 Å². The van der Waals surface area contributed by atoms with Gasteiger partial charge in [-0.2, -0.15) is 5.10 Å². The topological polar surface area (TPSA) is 100 Å². The molecule has 10 heteroatoms. The lowest BCUT2D eigenvalue weighted by Crippen LogP contribution is -2.39. The van der Waals surface area contributed by atoms with Crippen LogP contribution < -0.4 is 19.9 Å². The second-order valence-corrected chi connectivity index (χ2v) is 10.1. The van der Waals surface area contributed by atoms with Gasteiger partial charge in [0.15, 0.2) is 5.69 Å². The molecule has 0 radical (unpaired) electrons. The molecule has 1 saturated heterocycles. The quantitative estimate of drug-likeness (QED) is 0.481. The van der Waals surface area contributed by atoms with E-state index in [1.165, 1.54) is 0 Å². The summed E-state index contributed by atoms with van der Waals surface area (Å²) in [4.78, 5) is 44.9. The van der Waals surface area contributed by atoms with Crippen LogP contribution in [0.3, 0.4) is 0 Å². The van der Waals surface area contributed by atoms with E-state index in [0.29, 0.717) is 61.7 Å². The maximum Gasteiger partial charge on any atom is 0.277 e. The zero-order valence-electron chi connectivity index (χ0n) is 22.6. The van der Waals surface area contributed by atoms with Gasteiger partial charge in [0.05, 0.1) is 12.8 Å².